The molecule has 7 nitrogen and oxygen atoms in total. The van der Waals surface area contributed by atoms with Gasteiger partial charge in [0.2, 0.25) is 0 Å². The van der Waals surface area contributed by atoms with E-state index in [4.69, 9.17) is 0 Å². The summed E-state index contributed by atoms with van der Waals surface area (Å²) in [5.74, 6) is -0.810. The highest BCUT2D eigenvalue weighted by molar-refractivity contribution is 7.95. The Morgan fingerprint density at radius 3 is 1.47 bits per heavy atom. The van der Waals surface area contributed by atoms with Crippen LogP contribution in [0.2, 0.25) is 0 Å². The second kappa shape index (κ2) is 4.46. The number of benzene rings is 1. The maximum atomic E-state index is 11.7. The summed E-state index contributed by atoms with van der Waals surface area (Å²) in [4.78, 5) is -2.47. The van der Waals surface area contributed by atoms with Crippen molar-refractivity contribution < 1.29 is 30.4 Å². The normalized spacial score (nSPS) is 13.4. The molecule has 0 heterocycles. The quantitative estimate of drug-likeness (QED) is 0.801. The van der Waals surface area contributed by atoms with E-state index in [1.54, 1.807) is 0 Å². The first kappa shape index (κ1) is 15.9. The molecule has 0 fully saturated rings. The fourth-order valence-electron chi connectivity index (χ4n) is 1.54. The lowest BCUT2D eigenvalue weighted by molar-refractivity contribution is 0.452. The largest absolute Gasteiger partial charge is 0.507 e. The van der Waals surface area contributed by atoms with E-state index in [-0.39, 0.29) is 0 Å². The van der Waals surface area contributed by atoms with Crippen molar-refractivity contribution in [1.29, 1.82) is 0 Å². The van der Waals surface area contributed by atoms with Crippen LogP contribution in [0.25, 0.3) is 0 Å². The van der Waals surface area contributed by atoms with E-state index in [0.717, 1.165) is 18.4 Å². The van der Waals surface area contributed by atoms with Gasteiger partial charge in [0.1, 0.15) is 15.5 Å². The highest BCUT2D eigenvalue weighted by Gasteiger charge is 2.31. The Morgan fingerprint density at radius 2 is 1.16 bits per heavy atom. The minimum atomic E-state index is -4.17. The zero-order chi connectivity index (χ0) is 15.2. The van der Waals surface area contributed by atoms with Crippen LogP contribution >= 0.6 is 0 Å². The zero-order valence-electron chi connectivity index (χ0n) is 10.3. The molecule has 1 aromatic rings. The van der Waals surface area contributed by atoms with Crippen molar-refractivity contribution in [3.05, 3.63) is 12.1 Å². The highest BCUT2D eigenvalue weighted by Crippen LogP contribution is 2.34. The minimum absolute atomic E-state index is 0.659. The summed E-state index contributed by atoms with van der Waals surface area (Å²) >= 11 is 0. The Bertz CT molecular complexity index is 830. The molecule has 1 aromatic carbocycles. The minimum Gasteiger partial charge on any atom is -0.507 e. The third-order valence-electron chi connectivity index (χ3n) is 2.20. The summed E-state index contributed by atoms with van der Waals surface area (Å²) < 4.78 is 69.6. The van der Waals surface area contributed by atoms with Crippen molar-refractivity contribution in [2.75, 3.05) is 18.8 Å². The van der Waals surface area contributed by atoms with Crippen molar-refractivity contribution in [2.45, 2.75) is 14.7 Å². The second-order valence-corrected chi connectivity index (χ2v) is 9.95. The van der Waals surface area contributed by atoms with Crippen molar-refractivity contribution in [3.8, 4) is 5.75 Å². The molecule has 0 aliphatic carbocycles. The first-order chi connectivity index (χ1) is 8.26. The number of phenolic OH excluding ortho intramolecular Hbond substituents is 1. The van der Waals surface area contributed by atoms with Crippen LogP contribution in [0, 0.1) is 0 Å². The Kier molecular flexibility index (Phi) is 3.74. The summed E-state index contributed by atoms with van der Waals surface area (Å²) in [5, 5.41) is 9.54. The second-order valence-electron chi connectivity index (χ2n) is 4.06. The van der Waals surface area contributed by atoms with Crippen LogP contribution in [0.5, 0.6) is 5.75 Å². The van der Waals surface area contributed by atoms with E-state index >= 15 is 0 Å². The van der Waals surface area contributed by atoms with Gasteiger partial charge in [0, 0.05) is 18.8 Å². The van der Waals surface area contributed by atoms with Crippen LogP contribution in [0.4, 0.5) is 0 Å². The Morgan fingerprint density at radius 1 is 0.737 bits per heavy atom. The maximum absolute atomic E-state index is 11.7. The molecule has 1 N–H and O–H groups in total. The lowest BCUT2D eigenvalue weighted by Gasteiger charge is -2.12. The van der Waals surface area contributed by atoms with Gasteiger partial charge in [-0.25, -0.2) is 25.3 Å². The van der Waals surface area contributed by atoms with Crippen LogP contribution < -0.4 is 0 Å². The molecule has 0 bridgehead atoms. The molecular formula is C9H12O7S3. The summed E-state index contributed by atoms with van der Waals surface area (Å²) in [6, 6.07) is 1.69. The van der Waals surface area contributed by atoms with Gasteiger partial charge < -0.3 is 5.11 Å². The highest BCUT2D eigenvalue weighted by atomic mass is 32.2. The summed E-state index contributed by atoms with van der Waals surface area (Å²) in [6.45, 7) is 0. The van der Waals surface area contributed by atoms with E-state index in [9.17, 15) is 30.4 Å². The Balaban J connectivity index is 4.18. The molecule has 0 aliphatic rings. The van der Waals surface area contributed by atoms with Crippen LogP contribution in [0.3, 0.4) is 0 Å². The maximum Gasteiger partial charge on any atom is 0.180 e. The molecule has 0 radical (unpaired) electrons. The van der Waals surface area contributed by atoms with Gasteiger partial charge in [0.05, 0.1) is 4.90 Å². The lowest BCUT2D eigenvalue weighted by atomic mass is 10.3. The van der Waals surface area contributed by atoms with Crippen LogP contribution in [-0.4, -0.2) is 49.1 Å². The van der Waals surface area contributed by atoms with E-state index in [0.29, 0.717) is 12.5 Å². The molecule has 0 spiro atoms. The topological polar surface area (TPSA) is 123 Å². The first-order valence-corrected chi connectivity index (χ1v) is 10.4. The average Bonchev–Trinajstić information content (AvgIpc) is 2.11. The molecular weight excluding hydrogens is 316 g/mol. The number of hydrogen-bond donors (Lipinski definition) is 1. The van der Waals surface area contributed by atoms with E-state index in [2.05, 4.69) is 0 Å². The molecule has 0 aromatic heterocycles. The smallest absolute Gasteiger partial charge is 0.180 e. The van der Waals surface area contributed by atoms with Crippen molar-refractivity contribution >= 4 is 29.5 Å². The molecule has 0 aliphatic heterocycles. The molecule has 0 saturated carbocycles. The fraction of sp³-hybridized carbons (Fsp3) is 0.333. The predicted molar refractivity (Wildman–Crippen MR) is 67.4 cm³/mol. The van der Waals surface area contributed by atoms with Gasteiger partial charge in [-0.15, -0.1) is 0 Å². The lowest BCUT2D eigenvalue weighted by Crippen LogP contribution is -2.13. The standard InChI is InChI=1S/C9H12O7S3/c1-17(11,12)7-5-4-6(10)8(18(2,13)14)9(7)19(3,15)16/h4-5,10H,1-3H3. The monoisotopic (exact) mass is 328 g/mol. The van der Waals surface area contributed by atoms with Crippen molar-refractivity contribution in [2.24, 2.45) is 0 Å². The number of rotatable bonds is 3. The molecule has 1 rings (SSSR count). The van der Waals surface area contributed by atoms with Gasteiger partial charge in [0.15, 0.2) is 29.5 Å². The van der Waals surface area contributed by atoms with E-state index in [1.807, 2.05) is 0 Å². The Labute approximate surface area is 111 Å². The molecule has 0 unspecified atom stereocenters. The van der Waals surface area contributed by atoms with Crippen molar-refractivity contribution in [1.82, 2.24) is 0 Å². The van der Waals surface area contributed by atoms with Crippen LogP contribution in [0.1, 0.15) is 0 Å². The molecule has 0 atom stereocenters. The molecule has 108 valence electrons. The fourth-order valence-corrected chi connectivity index (χ4v) is 5.94. The average molecular weight is 328 g/mol. The summed E-state index contributed by atoms with van der Waals surface area (Å²) in [6.07, 6.45) is 2.11. The number of hydrogen-bond acceptors (Lipinski definition) is 7. The molecule has 19 heavy (non-hydrogen) atoms. The van der Waals surface area contributed by atoms with E-state index < -0.39 is 49.9 Å². The van der Waals surface area contributed by atoms with Gasteiger partial charge in [-0.05, 0) is 12.1 Å². The number of aromatic hydroxyl groups is 1. The predicted octanol–water partition coefficient (Wildman–Crippen LogP) is -0.397. The Hall–Kier alpha value is -1.13. The molecule has 0 saturated heterocycles. The zero-order valence-corrected chi connectivity index (χ0v) is 12.7. The number of sulfone groups is 3. The van der Waals surface area contributed by atoms with Crippen LogP contribution in [0.15, 0.2) is 26.8 Å². The SMILES string of the molecule is CS(=O)(=O)c1ccc(O)c(S(C)(=O)=O)c1S(C)(=O)=O. The van der Waals surface area contributed by atoms with Crippen molar-refractivity contribution in [3.63, 3.8) is 0 Å². The molecule has 10 heteroatoms. The first-order valence-electron chi connectivity index (χ1n) is 4.72. The third kappa shape index (κ3) is 3.25. The van der Waals surface area contributed by atoms with Gasteiger partial charge >= 0.3 is 0 Å². The third-order valence-corrected chi connectivity index (χ3v) is 5.91. The molecule has 0 amide bonds. The van der Waals surface area contributed by atoms with Gasteiger partial charge in [-0.3, -0.25) is 0 Å². The van der Waals surface area contributed by atoms with Gasteiger partial charge in [-0.1, -0.05) is 0 Å². The van der Waals surface area contributed by atoms with Crippen LogP contribution in [-0.2, 0) is 29.5 Å². The van der Waals surface area contributed by atoms with Gasteiger partial charge in [0.25, 0.3) is 0 Å². The number of phenols is 1. The summed E-state index contributed by atoms with van der Waals surface area (Å²) in [5.41, 5.74) is 0. The summed E-state index contributed by atoms with van der Waals surface area (Å²) in [7, 11) is -12.3. The van der Waals surface area contributed by atoms with Gasteiger partial charge in [-0.2, -0.15) is 0 Å². The van der Waals surface area contributed by atoms with E-state index in [1.165, 1.54) is 0 Å².